The summed E-state index contributed by atoms with van der Waals surface area (Å²) < 4.78 is 18.6. The third-order valence-electron chi connectivity index (χ3n) is 4.96. The van der Waals surface area contributed by atoms with E-state index in [4.69, 9.17) is 4.42 Å². The Labute approximate surface area is 154 Å². The van der Waals surface area contributed by atoms with Crippen molar-refractivity contribution in [2.24, 2.45) is 0 Å². The van der Waals surface area contributed by atoms with Gasteiger partial charge in [0.1, 0.15) is 5.82 Å². The molecule has 1 atom stereocenters. The molecule has 2 aliphatic rings. The number of anilines is 1. The number of amides is 3. The molecule has 3 amide bonds. The van der Waals surface area contributed by atoms with Crippen molar-refractivity contribution < 1.29 is 23.2 Å². The lowest BCUT2D eigenvalue weighted by atomic mass is 9.89. The maximum atomic E-state index is 13.4. The second-order valence-corrected chi connectivity index (χ2v) is 6.63. The second kappa shape index (κ2) is 6.86. The maximum absolute atomic E-state index is 13.4. The number of furan rings is 1. The molecule has 2 aliphatic heterocycles. The molecule has 1 aromatic carbocycles. The number of hydrogen-bond acceptors (Lipinski definition) is 4. The first-order valence-electron chi connectivity index (χ1n) is 8.74. The molecule has 1 saturated heterocycles. The minimum atomic E-state index is -0.637. The number of fused-ring (bicyclic) bond motifs is 1. The van der Waals surface area contributed by atoms with E-state index >= 15 is 0 Å². The number of benzene rings is 1. The molecule has 2 aromatic rings. The highest BCUT2D eigenvalue weighted by Gasteiger charge is 2.35. The Balaban J connectivity index is 1.46. The van der Waals surface area contributed by atoms with Crippen molar-refractivity contribution in [3.8, 4) is 0 Å². The Hall–Kier alpha value is -3.16. The monoisotopic (exact) mass is 371 g/mol. The molecule has 3 heterocycles. The summed E-state index contributed by atoms with van der Waals surface area (Å²) in [6.45, 7) is 1.53. The Morgan fingerprint density at radius 3 is 2.56 bits per heavy atom. The number of nitrogens with one attached hydrogen (secondary N) is 1. The van der Waals surface area contributed by atoms with Gasteiger partial charge in [0.25, 0.3) is 5.91 Å². The zero-order valence-electron chi connectivity index (χ0n) is 14.5. The second-order valence-electron chi connectivity index (χ2n) is 6.63. The average Bonchev–Trinajstić information content (AvgIpc) is 3.20. The molecule has 7 nitrogen and oxygen atoms in total. The van der Waals surface area contributed by atoms with Gasteiger partial charge in [0.05, 0.1) is 12.2 Å². The van der Waals surface area contributed by atoms with Crippen molar-refractivity contribution in [3.05, 3.63) is 53.7 Å². The van der Waals surface area contributed by atoms with Crippen molar-refractivity contribution in [1.82, 2.24) is 9.80 Å². The van der Waals surface area contributed by atoms with Gasteiger partial charge in [-0.1, -0.05) is 6.07 Å². The SMILES string of the molecule is O=C1C[C@H](C(=O)N2CCN(C(=O)c3ccco3)CC2)c2ccc(F)cc2N1. The summed E-state index contributed by atoms with van der Waals surface area (Å²) in [7, 11) is 0. The van der Waals surface area contributed by atoms with Crippen LogP contribution in [-0.4, -0.2) is 53.7 Å². The largest absolute Gasteiger partial charge is 0.459 e. The van der Waals surface area contributed by atoms with Crippen LogP contribution in [0.25, 0.3) is 0 Å². The lowest BCUT2D eigenvalue weighted by molar-refractivity contribution is -0.136. The van der Waals surface area contributed by atoms with Gasteiger partial charge in [-0.3, -0.25) is 14.4 Å². The van der Waals surface area contributed by atoms with Crippen LogP contribution in [0.4, 0.5) is 10.1 Å². The van der Waals surface area contributed by atoms with E-state index in [9.17, 15) is 18.8 Å². The fourth-order valence-electron chi connectivity index (χ4n) is 3.56. The van der Waals surface area contributed by atoms with E-state index in [0.717, 1.165) is 0 Å². The molecule has 0 unspecified atom stereocenters. The number of piperazine rings is 1. The molecule has 4 rings (SSSR count). The van der Waals surface area contributed by atoms with Crippen LogP contribution in [0.3, 0.4) is 0 Å². The third kappa shape index (κ3) is 3.30. The Bertz CT molecular complexity index is 888. The normalized spacial score (nSPS) is 19.4. The van der Waals surface area contributed by atoms with E-state index < -0.39 is 11.7 Å². The van der Waals surface area contributed by atoms with Gasteiger partial charge in [0.15, 0.2) is 5.76 Å². The van der Waals surface area contributed by atoms with Gasteiger partial charge < -0.3 is 19.5 Å². The van der Waals surface area contributed by atoms with Gasteiger partial charge in [-0.15, -0.1) is 0 Å². The quantitative estimate of drug-likeness (QED) is 0.873. The smallest absolute Gasteiger partial charge is 0.289 e. The first-order valence-corrected chi connectivity index (χ1v) is 8.74. The fourth-order valence-corrected chi connectivity index (χ4v) is 3.56. The van der Waals surface area contributed by atoms with Crippen molar-refractivity contribution in [2.75, 3.05) is 31.5 Å². The van der Waals surface area contributed by atoms with Gasteiger partial charge in [-0.05, 0) is 29.8 Å². The van der Waals surface area contributed by atoms with Crippen molar-refractivity contribution >= 4 is 23.4 Å². The molecule has 0 aliphatic carbocycles. The fraction of sp³-hybridized carbons (Fsp3) is 0.316. The van der Waals surface area contributed by atoms with E-state index in [1.807, 2.05) is 0 Å². The molecule has 1 N–H and O–H groups in total. The molecule has 0 saturated carbocycles. The van der Waals surface area contributed by atoms with E-state index in [1.54, 1.807) is 28.0 Å². The topological polar surface area (TPSA) is 82.9 Å². The van der Waals surface area contributed by atoms with Crippen LogP contribution < -0.4 is 5.32 Å². The van der Waals surface area contributed by atoms with Crippen LogP contribution in [0.5, 0.6) is 0 Å². The molecule has 8 heteroatoms. The highest BCUT2D eigenvalue weighted by Crippen LogP contribution is 2.34. The molecule has 1 aromatic heterocycles. The molecular weight excluding hydrogens is 353 g/mol. The van der Waals surface area contributed by atoms with Crippen LogP contribution in [0.15, 0.2) is 41.0 Å². The van der Waals surface area contributed by atoms with Crippen molar-refractivity contribution in [2.45, 2.75) is 12.3 Å². The van der Waals surface area contributed by atoms with Crippen LogP contribution in [-0.2, 0) is 9.59 Å². The summed E-state index contributed by atoms with van der Waals surface area (Å²) in [5.74, 6) is -1.52. The lowest BCUT2D eigenvalue weighted by Gasteiger charge is -2.37. The first kappa shape index (κ1) is 17.3. The Morgan fingerprint density at radius 1 is 1.11 bits per heavy atom. The predicted octanol–water partition coefficient (Wildman–Crippen LogP) is 1.83. The summed E-state index contributed by atoms with van der Waals surface area (Å²) in [6.07, 6.45) is 1.48. The summed E-state index contributed by atoms with van der Waals surface area (Å²) in [5.41, 5.74) is 0.964. The summed E-state index contributed by atoms with van der Waals surface area (Å²) in [6, 6.07) is 7.32. The van der Waals surface area contributed by atoms with Crippen LogP contribution in [0.1, 0.15) is 28.5 Å². The number of rotatable bonds is 2. The lowest BCUT2D eigenvalue weighted by Crippen LogP contribution is -2.52. The van der Waals surface area contributed by atoms with Crippen LogP contribution in [0, 0.1) is 5.82 Å². The molecule has 0 radical (unpaired) electrons. The van der Waals surface area contributed by atoms with E-state index in [2.05, 4.69) is 5.32 Å². The molecule has 0 bridgehead atoms. The number of carbonyl (C=O) groups excluding carboxylic acids is 3. The molecule has 0 spiro atoms. The van der Waals surface area contributed by atoms with Gasteiger partial charge in [-0.2, -0.15) is 0 Å². The summed E-state index contributed by atoms with van der Waals surface area (Å²) >= 11 is 0. The summed E-state index contributed by atoms with van der Waals surface area (Å²) in [4.78, 5) is 40.5. The van der Waals surface area contributed by atoms with Crippen LogP contribution in [0.2, 0.25) is 0 Å². The van der Waals surface area contributed by atoms with Gasteiger partial charge in [0, 0.05) is 38.3 Å². The average molecular weight is 371 g/mol. The zero-order chi connectivity index (χ0) is 19.0. The van der Waals surface area contributed by atoms with Gasteiger partial charge >= 0.3 is 0 Å². The van der Waals surface area contributed by atoms with Gasteiger partial charge in [-0.25, -0.2) is 4.39 Å². The molecular formula is C19H18FN3O4. The standard InChI is InChI=1S/C19H18FN3O4/c20-12-3-4-13-14(11-17(24)21-15(13)10-12)18(25)22-5-7-23(8-6-22)19(26)16-2-1-9-27-16/h1-4,9-10,14H,5-8,11H2,(H,21,24)/t14-/m0/s1. The first-order chi connectivity index (χ1) is 13.0. The Kier molecular flexibility index (Phi) is 4.39. The Morgan fingerprint density at radius 2 is 1.85 bits per heavy atom. The third-order valence-corrected chi connectivity index (χ3v) is 4.96. The highest BCUT2D eigenvalue weighted by molar-refractivity contribution is 6.01. The van der Waals surface area contributed by atoms with Crippen molar-refractivity contribution in [1.29, 1.82) is 0 Å². The minimum Gasteiger partial charge on any atom is -0.459 e. The molecule has 1 fully saturated rings. The van der Waals surface area contributed by atoms with E-state index in [-0.39, 0.29) is 29.9 Å². The van der Waals surface area contributed by atoms with Gasteiger partial charge in [0.2, 0.25) is 11.8 Å². The number of nitrogens with zero attached hydrogens (tertiary/aromatic N) is 2. The predicted molar refractivity (Wildman–Crippen MR) is 93.6 cm³/mol. The summed E-state index contributed by atoms with van der Waals surface area (Å²) in [5, 5.41) is 2.61. The molecule has 27 heavy (non-hydrogen) atoms. The number of halogens is 1. The molecule has 140 valence electrons. The number of hydrogen-bond donors (Lipinski definition) is 1. The number of carbonyl (C=O) groups is 3. The van der Waals surface area contributed by atoms with E-state index in [0.29, 0.717) is 37.4 Å². The van der Waals surface area contributed by atoms with Crippen molar-refractivity contribution in [3.63, 3.8) is 0 Å². The highest BCUT2D eigenvalue weighted by atomic mass is 19.1. The minimum absolute atomic E-state index is 0.0308. The maximum Gasteiger partial charge on any atom is 0.289 e. The van der Waals surface area contributed by atoms with E-state index in [1.165, 1.54) is 18.4 Å². The zero-order valence-corrected chi connectivity index (χ0v) is 14.5. The van der Waals surface area contributed by atoms with Crippen LogP contribution >= 0.6 is 0 Å².